The van der Waals surface area contributed by atoms with Crippen molar-refractivity contribution in [2.45, 2.75) is 26.6 Å². The number of carbonyl (C=O) groups is 1. The zero-order valence-corrected chi connectivity index (χ0v) is 14.6. The molecule has 0 atom stereocenters. The van der Waals surface area contributed by atoms with Crippen LogP contribution in [0.2, 0.25) is 0 Å². The van der Waals surface area contributed by atoms with Gasteiger partial charge in [-0.05, 0) is 31.6 Å². The molecule has 2 aromatic rings. The van der Waals surface area contributed by atoms with Gasteiger partial charge in [0.2, 0.25) is 5.91 Å². The molecule has 0 N–H and O–H groups in total. The van der Waals surface area contributed by atoms with Crippen LogP contribution in [0.15, 0.2) is 30.3 Å². The summed E-state index contributed by atoms with van der Waals surface area (Å²) in [5, 5.41) is 4.26. The summed E-state index contributed by atoms with van der Waals surface area (Å²) in [6, 6.07) is 5.26. The number of nitrogens with zero attached hydrogens (tertiary/aromatic N) is 3. The standard InChI is InChI=1S/C18H20F3N3O/c1-12-15(13(2)24(4)22-12)9-10-17(25)23(3)11-14-7-5-6-8-16(14)18(19,20)21/h5-10H,11H2,1-4H3/b10-9+. The third-order valence-corrected chi connectivity index (χ3v) is 4.06. The second-order valence-corrected chi connectivity index (χ2v) is 5.89. The van der Waals surface area contributed by atoms with E-state index in [1.54, 1.807) is 10.8 Å². The molecule has 4 nitrogen and oxygen atoms in total. The Kier molecular flexibility index (Phi) is 5.35. The molecule has 1 heterocycles. The lowest BCUT2D eigenvalue weighted by molar-refractivity contribution is -0.139. The van der Waals surface area contributed by atoms with Crippen molar-refractivity contribution in [1.29, 1.82) is 0 Å². The number of alkyl halides is 3. The first-order valence-electron chi connectivity index (χ1n) is 7.69. The number of hydrogen-bond donors (Lipinski definition) is 0. The first kappa shape index (κ1) is 18.8. The number of carbonyl (C=O) groups excluding carboxylic acids is 1. The number of likely N-dealkylation sites (N-methyl/N-ethyl adjacent to an activating group) is 1. The van der Waals surface area contributed by atoms with Crippen molar-refractivity contribution in [3.05, 3.63) is 58.4 Å². The predicted octanol–water partition coefficient (Wildman–Crippen LogP) is 3.73. The van der Waals surface area contributed by atoms with E-state index >= 15 is 0 Å². The Morgan fingerprint density at radius 2 is 1.92 bits per heavy atom. The number of aromatic nitrogens is 2. The fourth-order valence-corrected chi connectivity index (χ4v) is 2.58. The molecule has 0 saturated heterocycles. The third kappa shape index (κ3) is 4.29. The molecule has 25 heavy (non-hydrogen) atoms. The van der Waals surface area contributed by atoms with E-state index in [0.29, 0.717) is 0 Å². The Labute approximate surface area is 144 Å². The van der Waals surface area contributed by atoms with Crippen LogP contribution in [-0.2, 0) is 24.6 Å². The number of hydrogen-bond acceptors (Lipinski definition) is 2. The molecule has 0 aliphatic rings. The van der Waals surface area contributed by atoms with Gasteiger partial charge in [-0.2, -0.15) is 18.3 Å². The van der Waals surface area contributed by atoms with E-state index in [2.05, 4.69) is 5.10 Å². The van der Waals surface area contributed by atoms with E-state index in [-0.39, 0.29) is 18.0 Å². The molecule has 1 aromatic carbocycles. The number of halogens is 3. The minimum absolute atomic E-state index is 0.0630. The predicted molar refractivity (Wildman–Crippen MR) is 89.6 cm³/mol. The zero-order chi connectivity index (χ0) is 18.8. The molecule has 0 fully saturated rings. The van der Waals surface area contributed by atoms with E-state index in [1.807, 2.05) is 20.9 Å². The normalized spacial score (nSPS) is 12.0. The van der Waals surface area contributed by atoms with Crippen LogP contribution in [-0.4, -0.2) is 27.6 Å². The van der Waals surface area contributed by atoms with Crippen LogP contribution < -0.4 is 0 Å². The van der Waals surface area contributed by atoms with Gasteiger partial charge in [-0.3, -0.25) is 9.48 Å². The fraction of sp³-hybridized carbons (Fsp3) is 0.333. The topological polar surface area (TPSA) is 38.1 Å². The molecule has 0 saturated carbocycles. The van der Waals surface area contributed by atoms with Gasteiger partial charge < -0.3 is 4.90 Å². The van der Waals surface area contributed by atoms with Crippen LogP contribution >= 0.6 is 0 Å². The summed E-state index contributed by atoms with van der Waals surface area (Å²) in [5.74, 6) is -0.375. The summed E-state index contributed by atoms with van der Waals surface area (Å²) < 4.78 is 40.8. The number of rotatable bonds is 4. The maximum absolute atomic E-state index is 13.0. The highest BCUT2D eigenvalue weighted by atomic mass is 19.4. The van der Waals surface area contributed by atoms with Crippen molar-refractivity contribution in [1.82, 2.24) is 14.7 Å². The third-order valence-electron chi connectivity index (χ3n) is 4.06. The molecule has 0 spiro atoms. The maximum atomic E-state index is 13.0. The first-order chi connectivity index (χ1) is 11.6. The molecule has 0 radical (unpaired) electrons. The molecule has 1 amide bonds. The molecular formula is C18H20F3N3O. The monoisotopic (exact) mass is 351 g/mol. The molecule has 0 bridgehead atoms. The van der Waals surface area contributed by atoms with Crippen LogP contribution in [0.1, 0.15) is 28.1 Å². The Morgan fingerprint density at radius 3 is 2.48 bits per heavy atom. The van der Waals surface area contributed by atoms with Crippen molar-refractivity contribution < 1.29 is 18.0 Å². The van der Waals surface area contributed by atoms with E-state index in [9.17, 15) is 18.0 Å². The second kappa shape index (κ2) is 7.13. The van der Waals surface area contributed by atoms with Crippen molar-refractivity contribution in [3.63, 3.8) is 0 Å². The van der Waals surface area contributed by atoms with Gasteiger partial charge in [0.05, 0.1) is 11.3 Å². The summed E-state index contributed by atoms with van der Waals surface area (Å²) in [4.78, 5) is 13.5. The minimum atomic E-state index is -4.44. The van der Waals surface area contributed by atoms with Gasteiger partial charge >= 0.3 is 6.18 Å². The van der Waals surface area contributed by atoms with Crippen LogP contribution in [0.25, 0.3) is 6.08 Å². The van der Waals surface area contributed by atoms with Crippen molar-refractivity contribution in [2.75, 3.05) is 7.05 Å². The highest BCUT2D eigenvalue weighted by Gasteiger charge is 2.33. The molecule has 0 aliphatic heterocycles. The highest BCUT2D eigenvalue weighted by molar-refractivity contribution is 5.91. The Hall–Kier alpha value is -2.57. The van der Waals surface area contributed by atoms with E-state index in [1.165, 1.54) is 36.2 Å². The number of benzene rings is 1. The van der Waals surface area contributed by atoms with E-state index in [4.69, 9.17) is 0 Å². The van der Waals surface area contributed by atoms with Gasteiger partial charge in [0.1, 0.15) is 0 Å². The first-order valence-corrected chi connectivity index (χ1v) is 7.69. The number of amides is 1. The highest BCUT2D eigenvalue weighted by Crippen LogP contribution is 2.32. The van der Waals surface area contributed by atoms with Crippen molar-refractivity contribution in [2.24, 2.45) is 7.05 Å². The van der Waals surface area contributed by atoms with Gasteiger partial charge in [0, 0.05) is 38.0 Å². The molecule has 0 aliphatic carbocycles. The summed E-state index contributed by atoms with van der Waals surface area (Å²) in [6.07, 6.45) is -1.44. The molecule has 134 valence electrons. The van der Waals surface area contributed by atoms with Crippen LogP contribution in [0, 0.1) is 13.8 Å². The Bertz CT molecular complexity index is 806. The number of aryl methyl sites for hydroxylation is 2. The van der Waals surface area contributed by atoms with Crippen LogP contribution in [0.3, 0.4) is 0 Å². The van der Waals surface area contributed by atoms with Crippen LogP contribution in [0.5, 0.6) is 0 Å². The van der Waals surface area contributed by atoms with Gasteiger partial charge in [0.25, 0.3) is 0 Å². The summed E-state index contributed by atoms with van der Waals surface area (Å²) in [6.45, 7) is 3.59. The molecule has 0 unspecified atom stereocenters. The lowest BCUT2D eigenvalue weighted by Gasteiger charge is -2.19. The minimum Gasteiger partial charge on any atom is -0.338 e. The van der Waals surface area contributed by atoms with Crippen LogP contribution in [0.4, 0.5) is 13.2 Å². The fourth-order valence-electron chi connectivity index (χ4n) is 2.58. The Morgan fingerprint density at radius 1 is 1.28 bits per heavy atom. The maximum Gasteiger partial charge on any atom is 0.416 e. The van der Waals surface area contributed by atoms with Crippen molar-refractivity contribution in [3.8, 4) is 0 Å². The van der Waals surface area contributed by atoms with E-state index in [0.717, 1.165) is 23.0 Å². The SMILES string of the molecule is Cc1nn(C)c(C)c1/C=C/C(=O)N(C)Cc1ccccc1C(F)(F)F. The quantitative estimate of drug-likeness (QED) is 0.788. The van der Waals surface area contributed by atoms with E-state index < -0.39 is 11.7 Å². The Balaban J connectivity index is 2.15. The summed E-state index contributed by atoms with van der Waals surface area (Å²) >= 11 is 0. The summed E-state index contributed by atoms with van der Waals surface area (Å²) in [5.41, 5.74) is 1.87. The lowest BCUT2D eigenvalue weighted by atomic mass is 10.1. The van der Waals surface area contributed by atoms with Gasteiger partial charge in [-0.15, -0.1) is 0 Å². The average molecular weight is 351 g/mol. The molecular weight excluding hydrogens is 331 g/mol. The molecule has 1 aromatic heterocycles. The van der Waals surface area contributed by atoms with Gasteiger partial charge in [0.15, 0.2) is 0 Å². The molecule has 7 heteroatoms. The molecule has 2 rings (SSSR count). The van der Waals surface area contributed by atoms with Gasteiger partial charge in [-0.25, -0.2) is 0 Å². The lowest BCUT2D eigenvalue weighted by Crippen LogP contribution is -2.25. The smallest absolute Gasteiger partial charge is 0.338 e. The largest absolute Gasteiger partial charge is 0.416 e. The summed E-state index contributed by atoms with van der Waals surface area (Å²) in [7, 11) is 3.28. The second-order valence-electron chi connectivity index (χ2n) is 5.89. The van der Waals surface area contributed by atoms with Crippen molar-refractivity contribution >= 4 is 12.0 Å². The van der Waals surface area contributed by atoms with Gasteiger partial charge in [-0.1, -0.05) is 18.2 Å². The zero-order valence-electron chi connectivity index (χ0n) is 14.6. The average Bonchev–Trinajstić information content (AvgIpc) is 2.77.